The molecule has 0 bridgehead atoms. The zero-order chi connectivity index (χ0) is 16.9. The largest absolute Gasteiger partial charge is 0.383 e. The lowest BCUT2D eigenvalue weighted by Gasteiger charge is -2.33. The van der Waals surface area contributed by atoms with Crippen LogP contribution in [0.25, 0.3) is 5.69 Å². The number of nitrogens with zero attached hydrogens (tertiary/aromatic N) is 5. The number of para-hydroxylation sites is 1. The van der Waals surface area contributed by atoms with E-state index in [1.165, 1.54) is 0 Å². The maximum absolute atomic E-state index is 12.7. The van der Waals surface area contributed by atoms with Crippen LogP contribution in [0, 0.1) is 6.92 Å². The van der Waals surface area contributed by atoms with Gasteiger partial charge in [-0.25, -0.2) is 9.67 Å². The van der Waals surface area contributed by atoms with Gasteiger partial charge >= 0.3 is 0 Å². The highest BCUT2D eigenvalue weighted by atomic mass is 16.5. The van der Waals surface area contributed by atoms with Gasteiger partial charge in [-0.05, 0) is 19.1 Å². The summed E-state index contributed by atoms with van der Waals surface area (Å²) in [4.78, 5) is 21.1. The number of piperazine rings is 1. The third kappa shape index (κ3) is 3.63. The van der Waals surface area contributed by atoms with Gasteiger partial charge < -0.3 is 9.64 Å². The van der Waals surface area contributed by atoms with Crippen molar-refractivity contribution in [3.63, 3.8) is 0 Å². The summed E-state index contributed by atoms with van der Waals surface area (Å²) >= 11 is 0. The molecule has 1 fully saturated rings. The van der Waals surface area contributed by atoms with Crippen LogP contribution in [0.5, 0.6) is 0 Å². The van der Waals surface area contributed by atoms with Crippen LogP contribution in [0.4, 0.5) is 0 Å². The molecule has 7 heteroatoms. The lowest BCUT2D eigenvalue weighted by molar-refractivity contribution is 0.0583. The fourth-order valence-electron chi connectivity index (χ4n) is 2.83. The standard InChI is InChI=1S/C17H23N5O2/c1-14-18-16(19-22(14)15-6-4-3-5-7-15)17(23)21-10-8-20(9-11-21)12-13-24-2/h3-7H,8-13H2,1-2H3. The summed E-state index contributed by atoms with van der Waals surface area (Å²) in [6.07, 6.45) is 0. The molecule has 2 aromatic rings. The maximum Gasteiger partial charge on any atom is 0.293 e. The van der Waals surface area contributed by atoms with Gasteiger partial charge in [0.2, 0.25) is 5.82 Å². The summed E-state index contributed by atoms with van der Waals surface area (Å²) in [6.45, 7) is 6.58. The Morgan fingerprint density at radius 2 is 1.88 bits per heavy atom. The van der Waals surface area contributed by atoms with Crippen molar-refractivity contribution >= 4 is 5.91 Å². The summed E-state index contributed by atoms with van der Waals surface area (Å²) in [7, 11) is 1.71. The topological polar surface area (TPSA) is 63.5 Å². The highest BCUT2D eigenvalue weighted by Crippen LogP contribution is 2.11. The molecule has 0 aliphatic carbocycles. The minimum atomic E-state index is -0.0980. The Hall–Kier alpha value is -2.25. The second-order valence-corrected chi connectivity index (χ2v) is 5.86. The lowest BCUT2D eigenvalue weighted by atomic mass is 10.3. The van der Waals surface area contributed by atoms with Crippen LogP contribution in [-0.2, 0) is 4.74 Å². The number of aryl methyl sites for hydroxylation is 1. The van der Waals surface area contributed by atoms with E-state index in [9.17, 15) is 4.79 Å². The molecule has 2 heterocycles. The van der Waals surface area contributed by atoms with Crippen LogP contribution in [-0.4, -0.2) is 76.9 Å². The Balaban J connectivity index is 1.66. The van der Waals surface area contributed by atoms with Crippen LogP contribution < -0.4 is 0 Å². The fraction of sp³-hybridized carbons (Fsp3) is 0.471. The van der Waals surface area contributed by atoms with Gasteiger partial charge in [0.15, 0.2) is 0 Å². The molecule has 1 aromatic heterocycles. The number of benzene rings is 1. The summed E-state index contributed by atoms with van der Waals surface area (Å²) in [5.74, 6) is 0.879. The van der Waals surface area contributed by atoms with E-state index in [1.54, 1.807) is 11.8 Å². The number of methoxy groups -OCH3 is 1. The van der Waals surface area contributed by atoms with E-state index >= 15 is 0 Å². The molecule has 0 unspecified atom stereocenters. The molecule has 0 spiro atoms. The minimum Gasteiger partial charge on any atom is -0.383 e. The Kier molecular flexibility index (Phi) is 5.22. The molecule has 1 aliphatic heterocycles. The summed E-state index contributed by atoms with van der Waals surface area (Å²) in [5, 5.41) is 4.40. The van der Waals surface area contributed by atoms with E-state index in [0.29, 0.717) is 18.9 Å². The Labute approximate surface area is 141 Å². The van der Waals surface area contributed by atoms with Crippen molar-refractivity contribution in [1.82, 2.24) is 24.6 Å². The van der Waals surface area contributed by atoms with Crippen molar-refractivity contribution in [1.29, 1.82) is 0 Å². The van der Waals surface area contributed by atoms with Crippen molar-refractivity contribution in [2.24, 2.45) is 0 Å². The predicted octanol–water partition coefficient (Wildman–Crippen LogP) is 0.980. The van der Waals surface area contributed by atoms with E-state index < -0.39 is 0 Å². The molecular weight excluding hydrogens is 306 g/mol. The summed E-state index contributed by atoms with van der Waals surface area (Å²) in [6, 6.07) is 9.73. The molecule has 0 atom stereocenters. The highest BCUT2D eigenvalue weighted by Gasteiger charge is 2.25. The number of hydrogen-bond acceptors (Lipinski definition) is 5. The molecule has 1 amide bonds. The lowest BCUT2D eigenvalue weighted by Crippen LogP contribution is -2.49. The maximum atomic E-state index is 12.7. The van der Waals surface area contributed by atoms with Crippen molar-refractivity contribution in [3.8, 4) is 5.69 Å². The molecule has 24 heavy (non-hydrogen) atoms. The Bertz CT molecular complexity index is 678. The number of amides is 1. The van der Waals surface area contributed by atoms with Crippen molar-refractivity contribution in [2.45, 2.75) is 6.92 Å². The van der Waals surface area contributed by atoms with E-state index in [4.69, 9.17) is 4.74 Å². The van der Waals surface area contributed by atoms with Gasteiger partial charge in [0, 0.05) is 39.8 Å². The predicted molar refractivity (Wildman–Crippen MR) is 90.3 cm³/mol. The molecule has 128 valence electrons. The third-order valence-corrected chi connectivity index (χ3v) is 4.23. The van der Waals surface area contributed by atoms with Crippen LogP contribution in [0.3, 0.4) is 0 Å². The van der Waals surface area contributed by atoms with Gasteiger partial charge in [-0.1, -0.05) is 18.2 Å². The molecule has 1 aliphatic rings. The van der Waals surface area contributed by atoms with Crippen LogP contribution in [0.15, 0.2) is 30.3 Å². The number of ether oxygens (including phenoxy) is 1. The monoisotopic (exact) mass is 329 g/mol. The molecule has 7 nitrogen and oxygen atoms in total. The van der Waals surface area contributed by atoms with E-state index in [2.05, 4.69) is 15.0 Å². The molecule has 1 saturated heterocycles. The SMILES string of the molecule is COCCN1CCN(C(=O)c2nc(C)n(-c3ccccc3)n2)CC1. The van der Waals surface area contributed by atoms with Crippen molar-refractivity contribution in [3.05, 3.63) is 42.0 Å². The van der Waals surface area contributed by atoms with Gasteiger partial charge in [0.05, 0.1) is 12.3 Å². The quantitative estimate of drug-likeness (QED) is 0.818. The second-order valence-electron chi connectivity index (χ2n) is 5.86. The number of rotatable bonds is 5. The second kappa shape index (κ2) is 7.55. The van der Waals surface area contributed by atoms with Crippen LogP contribution >= 0.6 is 0 Å². The fourth-order valence-corrected chi connectivity index (χ4v) is 2.83. The van der Waals surface area contributed by atoms with Gasteiger partial charge in [0.25, 0.3) is 5.91 Å². The zero-order valence-electron chi connectivity index (χ0n) is 14.2. The Morgan fingerprint density at radius 3 is 2.54 bits per heavy atom. The first-order valence-electron chi connectivity index (χ1n) is 8.18. The van der Waals surface area contributed by atoms with Gasteiger partial charge in [-0.2, -0.15) is 0 Å². The molecular formula is C17H23N5O2. The van der Waals surface area contributed by atoms with Gasteiger partial charge in [-0.15, -0.1) is 5.10 Å². The Morgan fingerprint density at radius 1 is 1.17 bits per heavy atom. The zero-order valence-corrected chi connectivity index (χ0v) is 14.2. The first-order chi connectivity index (χ1) is 11.7. The number of carbonyl (C=O) groups is 1. The average Bonchev–Trinajstić information content (AvgIpc) is 3.02. The normalized spacial score (nSPS) is 15.7. The smallest absolute Gasteiger partial charge is 0.293 e. The molecule has 0 radical (unpaired) electrons. The van der Waals surface area contributed by atoms with Gasteiger partial charge in [0.1, 0.15) is 5.82 Å². The number of aromatic nitrogens is 3. The van der Waals surface area contributed by atoms with Crippen LogP contribution in [0.1, 0.15) is 16.4 Å². The minimum absolute atomic E-state index is 0.0980. The summed E-state index contributed by atoms with van der Waals surface area (Å²) < 4.78 is 6.81. The molecule has 0 N–H and O–H groups in total. The van der Waals surface area contributed by atoms with Crippen LogP contribution in [0.2, 0.25) is 0 Å². The van der Waals surface area contributed by atoms with Crippen molar-refractivity contribution in [2.75, 3.05) is 46.4 Å². The van der Waals surface area contributed by atoms with Crippen molar-refractivity contribution < 1.29 is 9.53 Å². The average molecular weight is 329 g/mol. The summed E-state index contributed by atoms with van der Waals surface area (Å²) in [5.41, 5.74) is 0.908. The molecule has 3 rings (SSSR count). The first-order valence-corrected chi connectivity index (χ1v) is 8.18. The third-order valence-electron chi connectivity index (χ3n) is 4.23. The highest BCUT2D eigenvalue weighted by molar-refractivity contribution is 5.90. The number of hydrogen-bond donors (Lipinski definition) is 0. The van der Waals surface area contributed by atoms with E-state index in [0.717, 1.165) is 31.9 Å². The van der Waals surface area contributed by atoms with Gasteiger partial charge in [-0.3, -0.25) is 9.69 Å². The molecule has 0 saturated carbocycles. The van der Waals surface area contributed by atoms with E-state index in [1.807, 2.05) is 42.2 Å². The number of carbonyl (C=O) groups excluding carboxylic acids is 1. The molecule has 1 aromatic carbocycles. The first kappa shape index (κ1) is 16.6. The van der Waals surface area contributed by atoms with E-state index in [-0.39, 0.29) is 11.7 Å².